The Balaban J connectivity index is 1.44. The second-order valence-corrected chi connectivity index (χ2v) is 11.0. The minimum Gasteiger partial charge on any atom is -0.426 e. The van der Waals surface area contributed by atoms with E-state index in [1.807, 2.05) is 30.5 Å². The van der Waals surface area contributed by atoms with Gasteiger partial charge in [0.2, 0.25) is 0 Å². The summed E-state index contributed by atoms with van der Waals surface area (Å²) in [7, 11) is 0. The molecule has 1 aliphatic rings. The Bertz CT molecular complexity index is 967. The third kappa shape index (κ3) is 9.29. The molecule has 0 unspecified atom stereocenters. The van der Waals surface area contributed by atoms with Gasteiger partial charge in [0.25, 0.3) is 0 Å². The molecule has 0 bridgehead atoms. The molecule has 1 aliphatic carbocycles. The number of hydrogen-bond donors (Lipinski definition) is 0. The van der Waals surface area contributed by atoms with E-state index in [0.717, 1.165) is 56.2 Å². The highest BCUT2D eigenvalue weighted by Crippen LogP contribution is 2.43. The topological polar surface area (TPSA) is 63.0 Å². The number of esters is 1. The number of aromatic nitrogens is 1. The number of nitrogens with zero attached hydrogens (tertiary/aromatic N) is 2. The molecule has 37 heavy (non-hydrogen) atoms. The summed E-state index contributed by atoms with van der Waals surface area (Å²) in [5.74, 6) is 0.298. The van der Waals surface area contributed by atoms with Crippen molar-refractivity contribution >= 4 is 5.97 Å². The Morgan fingerprint density at radius 2 is 1.57 bits per heavy atom. The Kier molecular flexibility index (Phi) is 12.1. The molecule has 0 aliphatic heterocycles. The van der Waals surface area contributed by atoms with E-state index in [1.165, 1.54) is 63.4 Å². The molecule has 1 aromatic carbocycles. The highest BCUT2D eigenvalue weighted by molar-refractivity contribution is 5.75. The second-order valence-electron chi connectivity index (χ2n) is 11.0. The second kappa shape index (κ2) is 15.6. The molecule has 0 atom stereocenters. The first kappa shape index (κ1) is 28.9. The standard InChI is InChI=1S/C33H46N2O2/c1-3-5-7-9-11-13-27-14-19-31(35-25-27)28-15-17-30(18-16-28)37-32(36)29-20-23-33(26-34,24-21-29)22-12-10-8-6-4-2/h14-19,25,29H,3-13,20-24H2,1-2H3/t29-,33-. The molecule has 0 saturated heterocycles. The Labute approximate surface area is 224 Å². The number of rotatable bonds is 15. The quantitative estimate of drug-likeness (QED) is 0.138. The highest BCUT2D eigenvalue weighted by Gasteiger charge is 2.37. The van der Waals surface area contributed by atoms with Crippen LogP contribution < -0.4 is 4.74 Å². The van der Waals surface area contributed by atoms with Gasteiger partial charge in [-0.2, -0.15) is 5.26 Å². The van der Waals surface area contributed by atoms with Crippen LogP contribution in [0.15, 0.2) is 42.6 Å². The van der Waals surface area contributed by atoms with Gasteiger partial charge in [0.1, 0.15) is 5.75 Å². The average Bonchev–Trinajstić information content (AvgIpc) is 2.94. The molecular weight excluding hydrogens is 456 g/mol. The van der Waals surface area contributed by atoms with Gasteiger partial charge in [0, 0.05) is 11.8 Å². The van der Waals surface area contributed by atoms with Crippen molar-refractivity contribution < 1.29 is 9.53 Å². The summed E-state index contributed by atoms with van der Waals surface area (Å²) in [6.07, 6.45) is 19.6. The number of pyridine rings is 1. The smallest absolute Gasteiger partial charge is 0.314 e. The van der Waals surface area contributed by atoms with Gasteiger partial charge in [-0.05, 0) is 80.8 Å². The van der Waals surface area contributed by atoms with E-state index in [4.69, 9.17) is 4.74 Å². The molecular formula is C33H46N2O2. The van der Waals surface area contributed by atoms with E-state index in [0.29, 0.717) is 5.75 Å². The number of ether oxygens (including phenoxy) is 1. The van der Waals surface area contributed by atoms with Crippen LogP contribution in [0.5, 0.6) is 5.75 Å². The zero-order valence-corrected chi connectivity index (χ0v) is 23.1. The highest BCUT2D eigenvalue weighted by atomic mass is 16.5. The lowest BCUT2D eigenvalue weighted by atomic mass is 9.69. The molecule has 1 saturated carbocycles. The average molecular weight is 503 g/mol. The van der Waals surface area contributed by atoms with Crippen LogP contribution in [0.2, 0.25) is 0 Å². The van der Waals surface area contributed by atoms with Crippen molar-refractivity contribution in [3.8, 4) is 23.1 Å². The lowest BCUT2D eigenvalue weighted by molar-refractivity contribution is -0.140. The van der Waals surface area contributed by atoms with E-state index in [-0.39, 0.29) is 17.3 Å². The van der Waals surface area contributed by atoms with Crippen molar-refractivity contribution in [2.45, 2.75) is 117 Å². The molecule has 4 heteroatoms. The molecule has 200 valence electrons. The zero-order chi connectivity index (χ0) is 26.3. The van der Waals surface area contributed by atoms with Crippen LogP contribution in [0.3, 0.4) is 0 Å². The third-order valence-electron chi connectivity index (χ3n) is 8.03. The number of benzene rings is 1. The molecule has 0 radical (unpaired) electrons. The summed E-state index contributed by atoms with van der Waals surface area (Å²) < 4.78 is 5.72. The van der Waals surface area contributed by atoms with Gasteiger partial charge in [0.05, 0.1) is 23.1 Å². The largest absolute Gasteiger partial charge is 0.426 e. The predicted octanol–water partition coefficient (Wildman–Crippen LogP) is 9.23. The summed E-state index contributed by atoms with van der Waals surface area (Å²) in [6.45, 7) is 4.46. The molecule has 1 aromatic heterocycles. The van der Waals surface area contributed by atoms with Crippen LogP contribution in [-0.4, -0.2) is 11.0 Å². The van der Waals surface area contributed by atoms with Crippen LogP contribution in [0, 0.1) is 22.7 Å². The van der Waals surface area contributed by atoms with Crippen molar-refractivity contribution in [3.63, 3.8) is 0 Å². The number of aryl methyl sites for hydroxylation is 1. The van der Waals surface area contributed by atoms with Gasteiger partial charge in [-0.3, -0.25) is 9.78 Å². The Hall–Kier alpha value is -2.67. The van der Waals surface area contributed by atoms with E-state index in [9.17, 15) is 10.1 Å². The van der Waals surface area contributed by atoms with E-state index < -0.39 is 0 Å². The number of carbonyl (C=O) groups excluding carboxylic acids is 1. The first-order chi connectivity index (χ1) is 18.1. The van der Waals surface area contributed by atoms with Crippen LogP contribution in [0.1, 0.15) is 116 Å². The Morgan fingerprint density at radius 1 is 0.919 bits per heavy atom. The maximum Gasteiger partial charge on any atom is 0.314 e. The number of nitriles is 1. The molecule has 0 spiro atoms. The van der Waals surface area contributed by atoms with E-state index in [2.05, 4.69) is 37.0 Å². The molecule has 0 amide bonds. The van der Waals surface area contributed by atoms with Crippen molar-refractivity contribution in [2.24, 2.45) is 11.3 Å². The van der Waals surface area contributed by atoms with Gasteiger partial charge in [-0.25, -0.2) is 0 Å². The number of hydrogen-bond acceptors (Lipinski definition) is 4. The van der Waals surface area contributed by atoms with Crippen molar-refractivity contribution in [2.75, 3.05) is 0 Å². The zero-order valence-electron chi connectivity index (χ0n) is 23.1. The summed E-state index contributed by atoms with van der Waals surface area (Å²) >= 11 is 0. The molecule has 3 rings (SSSR count). The van der Waals surface area contributed by atoms with Crippen molar-refractivity contribution in [1.29, 1.82) is 5.26 Å². The van der Waals surface area contributed by atoms with Crippen molar-refractivity contribution in [3.05, 3.63) is 48.2 Å². The van der Waals surface area contributed by atoms with Crippen LogP contribution >= 0.6 is 0 Å². The van der Waals surface area contributed by atoms with Crippen molar-refractivity contribution in [1.82, 2.24) is 4.98 Å². The fourth-order valence-corrected chi connectivity index (χ4v) is 5.46. The minimum absolute atomic E-state index is 0.113. The third-order valence-corrected chi connectivity index (χ3v) is 8.03. The molecule has 4 nitrogen and oxygen atoms in total. The number of carbonyl (C=O) groups is 1. The summed E-state index contributed by atoms with van der Waals surface area (Å²) in [6, 6.07) is 14.5. The first-order valence-electron chi connectivity index (χ1n) is 14.8. The molecule has 0 N–H and O–H groups in total. The lowest BCUT2D eigenvalue weighted by Gasteiger charge is -2.34. The maximum atomic E-state index is 12.8. The summed E-state index contributed by atoms with van der Waals surface area (Å²) in [5, 5.41) is 9.83. The van der Waals surface area contributed by atoms with E-state index >= 15 is 0 Å². The lowest BCUT2D eigenvalue weighted by Crippen LogP contribution is -2.31. The van der Waals surface area contributed by atoms with Crippen LogP contribution in [0.25, 0.3) is 11.3 Å². The molecule has 1 fully saturated rings. The molecule has 2 aromatic rings. The van der Waals surface area contributed by atoms with Crippen LogP contribution in [-0.2, 0) is 11.2 Å². The predicted molar refractivity (Wildman–Crippen MR) is 151 cm³/mol. The maximum absolute atomic E-state index is 12.8. The normalized spacial score (nSPS) is 19.3. The summed E-state index contributed by atoms with van der Waals surface area (Å²) in [5.41, 5.74) is 2.99. The van der Waals surface area contributed by atoms with Crippen LogP contribution in [0.4, 0.5) is 0 Å². The molecule has 1 heterocycles. The van der Waals surface area contributed by atoms with Gasteiger partial charge in [-0.15, -0.1) is 0 Å². The SMILES string of the molecule is CCCCCCCc1ccc(-c2ccc(OC(=O)[C@H]3CC[C@@](C#N)(CCCCCCC)CC3)cc2)nc1. The fraction of sp³-hybridized carbons (Fsp3) is 0.606. The minimum atomic E-state index is -0.248. The van der Waals surface area contributed by atoms with Gasteiger partial charge in [-0.1, -0.05) is 77.7 Å². The van der Waals surface area contributed by atoms with Gasteiger partial charge >= 0.3 is 5.97 Å². The van der Waals surface area contributed by atoms with Gasteiger partial charge in [0.15, 0.2) is 0 Å². The van der Waals surface area contributed by atoms with Gasteiger partial charge < -0.3 is 4.74 Å². The summed E-state index contributed by atoms with van der Waals surface area (Å²) in [4.78, 5) is 17.5. The van der Waals surface area contributed by atoms with E-state index in [1.54, 1.807) is 0 Å². The fourth-order valence-electron chi connectivity index (χ4n) is 5.46. The first-order valence-corrected chi connectivity index (χ1v) is 14.8. The number of unbranched alkanes of at least 4 members (excludes halogenated alkanes) is 8. The monoisotopic (exact) mass is 502 g/mol. The Morgan fingerprint density at radius 3 is 2.16 bits per heavy atom.